The molecule has 0 saturated carbocycles. The van der Waals surface area contributed by atoms with Gasteiger partial charge in [0, 0.05) is 32.0 Å². The summed E-state index contributed by atoms with van der Waals surface area (Å²) in [4.78, 5) is 22.7. The van der Waals surface area contributed by atoms with E-state index in [1.807, 2.05) is 13.1 Å². The van der Waals surface area contributed by atoms with Gasteiger partial charge in [-0.2, -0.15) is 0 Å². The number of nitrogens with zero attached hydrogens (tertiary/aromatic N) is 4. The quantitative estimate of drug-likeness (QED) is 0.259. The molecule has 0 aliphatic carbocycles. The number of amides is 1. The zero-order valence-corrected chi connectivity index (χ0v) is 19.6. The highest BCUT2D eigenvalue weighted by Crippen LogP contribution is 2.27. The number of carbonyl (C=O) groups excluding carboxylic acids is 1. The van der Waals surface area contributed by atoms with E-state index in [-0.39, 0.29) is 36.6 Å². The molecule has 2 aromatic rings. The fourth-order valence-electron chi connectivity index (χ4n) is 3.48. The molecule has 1 aromatic carbocycles. The summed E-state index contributed by atoms with van der Waals surface area (Å²) in [5.74, 6) is -3.99. The van der Waals surface area contributed by atoms with Crippen LogP contribution in [0.1, 0.15) is 26.3 Å². The Bertz CT molecular complexity index is 909. The molecule has 7 nitrogen and oxygen atoms in total. The molecule has 170 valence electrons. The summed E-state index contributed by atoms with van der Waals surface area (Å²) >= 11 is 0. The number of carbonyl (C=O) groups is 1. The van der Waals surface area contributed by atoms with E-state index < -0.39 is 29.0 Å². The fourth-order valence-corrected chi connectivity index (χ4v) is 3.48. The molecule has 1 fully saturated rings. The topological polar surface area (TPSA) is 74.6 Å². The van der Waals surface area contributed by atoms with Gasteiger partial charge in [0.05, 0.1) is 18.1 Å². The monoisotopic (exact) mass is 550 g/mol. The lowest BCUT2D eigenvalue weighted by molar-refractivity contribution is -0.114. The Balaban J connectivity index is 0.00000341. The van der Waals surface area contributed by atoms with Crippen molar-refractivity contribution >= 4 is 41.5 Å². The van der Waals surface area contributed by atoms with Crippen molar-refractivity contribution in [3.63, 3.8) is 0 Å². The standard InChI is InChI=1S/C20H25F3N6O.HI/c1-3-25-20(28-8-6-13(2)16(11-28)29-9-7-24-12-29)26-10-17(30)27-15-5-4-14(21)18(22)19(15)23;/h4-5,7,9,12-13,16H,3,6,8,10-11H2,1-2H3,(H,25,26)(H,27,30);1H. The number of hydrogen-bond donors (Lipinski definition) is 2. The Kier molecular flexibility index (Phi) is 9.14. The molecule has 0 spiro atoms. The van der Waals surface area contributed by atoms with E-state index in [9.17, 15) is 18.0 Å². The second-order valence-corrected chi connectivity index (χ2v) is 7.23. The van der Waals surface area contributed by atoms with Crippen LogP contribution in [-0.2, 0) is 4.79 Å². The Morgan fingerprint density at radius 3 is 2.74 bits per heavy atom. The van der Waals surface area contributed by atoms with Gasteiger partial charge in [-0.05, 0) is 31.4 Å². The number of aromatic nitrogens is 2. The van der Waals surface area contributed by atoms with Crippen LogP contribution in [0.2, 0.25) is 0 Å². The third-order valence-corrected chi connectivity index (χ3v) is 5.14. The molecule has 0 radical (unpaired) electrons. The molecular formula is C20H26F3IN6O. The van der Waals surface area contributed by atoms with Crippen molar-refractivity contribution in [2.75, 3.05) is 31.5 Å². The lowest BCUT2D eigenvalue weighted by atomic mass is 9.93. The summed E-state index contributed by atoms with van der Waals surface area (Å²) in [6.45, 7) is 5.91. The van der Waals surface area contributed by atoms with Gasteiger partial charge in [0.2, 0.25) is 5.91 Å². The van der Waals surface area contributed by atoms with Crippen molar-refractivity contribution in [3.05, 3.63) is 48.3 Å². The molecule has 2 atom stereocenters. The Morgan fingerprint density at radius 2 is 2.06 bits per heavy atom. The van der Waals surface area contributed by atoms with Gasteiger partial charge in [0.15, 0.2) is 23.4 Å². The summed E-state index contributed by atoms with van der Waals surface area (Å²) in [5, 5.41) is 5.40. The predicted octanol–water partition coefficient (Wildman–Crippen LogP) is 3.41. The molecule has 1 aliphatic heterocycles. The highest BCUT2D eigenvalue weighted by Gasteiger charge is 2.29. The van der Waals surface area contributed by atoms with Gasteiger partial charge in [-0.3, -0.25) is 4.79 Å². The zero-order valence-electron chi connectivity index (χ0n) is 17.3. The van der Waals surface area contributed by atoms with Crippen molar-refractivity contribution in [2.24, 2.45) is 10.9 Å². The molecule has 2 heterocycles. The molecular weight excluding hydrogens is 524 g/mol. The third-order valence-electron chi connectivity index (χ3n) is 5.14. The fraction of sp³-hybridized carbons (Fsp3) is 0.450. The van der Waals surface area contributed by atoms with E-state index in [0.717, 1.165) is 25.1 Å². The maximum atomic E-state index is 13.8. The van der Waals surface area contributed by atoms with Crippen LogP contribution in [0.5, 0.6) is 0 Å². The van der Waals surface area contributed by atoms with E-state index in [2.05, 4.69) is 37.0 Å². The second kappa shape index (κ2) is 11.3. The number of piperidine rings is 1. The van der Waals surface area contributed by atoms with Crippen LogP contribution in [0.15, 0.2) is 35.8 Å². The van der Waals surface area contributed by atoms with E-state index >= 15 is 0 Å². The lowest BCUT2D eigenvalue weighted by Crippen LogP contribution is -2.49. The van der Waals surface area contributed by atoms with Gasteiger partial charge in [0.1, 0.15) is 6.54 Å². The summed E-state index contributed by atoms with van der Waals surface area (Å²) < 4.78 is 42.2. The first-order valence-corrected chi connectivity index (χ1v) is 9.84. The van der Waals surface area contributed by atoms with E-state index in [0.29, 0.717) is 25.0 Å². The highest BCUT2D eigenvalue weighted by atomic mass is 127. The van der Waals surface area contributed by atoms with Crippen molar-refractivity contribution < 1.29 is 18.0 Å². The van der Waals surface area contributed by atoms with Gasteiger partial charge < -0.3 is 20.1 Å². The molecule has 2 unspecified atom stereocenters. The van der Waals surface area contributed by atoms with Crippen molar-refractivity contribution in [2.45, 2.75) is 26.3 Å². The Hall–Kier alpha value is -2.31. The molecule has 1 saturated heterocycles. The highest BCUT2D eigenvalue weighted by molar-refractivity contribution is 14.0. The maximum absolute atomic E-state index is 13.8. The summed E-state index contributed by atoms with van der Waals surface area (Å²) in [7, 11) is 0. The maximum Gasteiger partial charge on any atom is 0.246 e. The molecule has 11 heteroatoms. The zero-order chi connectivity index (χ0) is 21.7. The number of imidazole rings is 1. The van der Waals surface area contributed by atoms with E-state index in [1.165, 1.54) is 0 Å². The van der Waals surface area contributed by atoms with E-state index in [1.54, 1.807) is 12.5 Å². The van der Waals surface area contributed by atoms with Crippen LogP contribution in [0.3, 0.4) is 0 Å². The van der Waals surface area contributed by atoms with Crippen LogP contribution in [0.4, 0.5) is 18.9 Å². The molecule has 1 amide bonds. The minimum atomic E-state index is -1.63. The number of halogens is 4. The minimum Gasteiger partial charge on any atom is -0.357 e. The number of benzene rings is 1. The van der Waals surface area contributed by atoms with E-state index in [4.69, 9.17) is 0 Å². The summed E-state index contributed by atoms with van der Waals surface area (Å²) in [5.41, 5.74) is -0.425. The normalized spacial score (nSPS) is 19.0. The molecule has 0 bridgehead atoms. The Morgan fingerprint density at radius 1 is 1.29 bits per heavy atom. The first-order chi connectivity index (χ1) is 14.4. The second-order valence-electron chi connectivity index (χ2n) is 7.23. The van der Waals surface area contributed by atoms with Crippen molar-refractivity contribution in [3.8, 4) is 0 Å². The van der Waals surface area contributed by atoms with Crippen LogP contribution >= 0.6 is 24.0 Å². The number of rotatable bonds is 5. The van der Waals surface area contributed by atoms with Crippen molar-refractivity contribution in [1.82, 2.24) is 19.8 Å². The molecule has 3 rings (SSSR count). The average molecular weight is 550 g/mol. The number of nitrogens with one attached hydrogen (secondary N) is 2. The number of hydrogen-bond acceptors (Lipinski definition) is 3. The van der Waals surface area contributed by atoms with Crippen molar-refractivity contribution in [1.29, 1.82) is 0 Å². The average Bonchev–Trinajstić information content (AvgIpc) is 3.27. The van der Waals surface area contributed by atoms with Crippen LogP contribution in [-0.4, -0.2) is 52.5 Å². The van der Waals surface area contributed by atoms with Crippen LogP contribution < -0.4 is 10.6 Å². The molecule has 1 aromatic heterocycles. The first kappa shape index (κ1) is 25.0. The molecule has 2 N–H and O–H groups in total. The van der Waals surface area contributed by atoms with Crippen LogP contribution in [0.25, 0.3) is 0 Å². The molecule has 31 heavy (non-hydrogen) atoms. The first-order valence-electron chi connectivity index (χ1n) is 9.84. The number of anilines is 1. The summed E-state index contributed by atoms with van der Waals surface area (Å²) in [6, 6.07) is 1.95. The third kappa shape index (κ3) is 6.11. The minimum absolute atomic E-state index is 0. The van der Waals surface area contributed by atoms with Gasteiger partial charge in [-0.25, -0.2) is 23.1 Å². The Labute approximate surface area is 196 Å². The largest absolute Gasteiger partial charge is 0.357 e. The number of likely N-dealkylation sites (tertiary alicyclic amines) is 1. The van der Waals surface area contributed by atoms with Gasteiger partial charge >= 0.3 is 0 Å². The number of guanidine groups is 1. The van der Waals surface area contributed by atoms with Gasteiger partial charge in [-0.1, -0.05) is 6.92 Å². The van der Waals surface area contributed by atoms with Crippen LogP contribution in [0, 0.1) is 23.4 Å². The predicted molar refractivity (Wildman–Crippen MR) is 123 cm³/mol. The smallest absolute Gasteiger partial charge is 0.246 e. The SMILES string of the molecule is CCNC(=NCC(=O)Nc1ccc(F)c(F)c1F)N1CCC(C)C(n2ccnc2)C1.I. The molecule has 1 aliphatic rings. The number of aliphatic imine (C=N–C) groups is 1. The van der Waals surface area contributed by atoms with Gasteiger partial charge in [-0.15, -0.1) is 24.0 Å². The summed E-state index contributed by atoms with van der Waals surface area (Å²) in [6.07, 6.45) is 6.41. The lowest BCUT2D eigenvalue weighted by Gasteiger charge is -2.39. The van der Waals surface area contributed by atoms with Gasteiger partial charge in [0.25, 0.3) is 0 Å².